The minimum absolute atomic E-state index is 0.173. The molecule has 3 aromatic heterocycles. The first-order chi connectivity index (χ1) is 12.5. The lowest BCUT2D eigenvalue weighted by Gasteiger charge is -2.09. The van der Waals surface area contributed by atoms with E-state index < -0.39 is 0 Å². The summed E-state index contributed by atoms with van der Waals surface area (Å²) in [5.74, 6) is 0.272. The number of carbonyl (C=O) groups excluding carboxylic acids is 1. The normalized spacial score (nSPS) is 11.3. The second-order valence-electron chi connectivity index (χ2n) is 5.91. The van der Waals surface area contributed by atoms with Crippen LogP contribution in [0, 0.1) is 6.92 Å². The van der Waals surface area contributed by atoms with Gasteiger partial charge >= 0.3 is 0 Å². The molecule has 26 heavy (non-hydrogen) atoms. The molecule has 0 fully saturated rings. The molecule has 0 aliphatic rings. The van der Waals surface area contributed by atoms with Crippen LogP contribution in [0.15, 0.2) is 51.9 Å². The molecule has 8 heteroatoms. The van der Waals surface area contributed by atoms with Gasteiger partial charge in [0, 0.05) is 23.7 Å². The number of furan rings is 1. The molecule has 4 rings (SSSR count). The first kappa shape index (κ1) is 16.4. The van der Waals surface area contributed by atoms with E-state index in [-0.39, 0.29) is 24.6 Å². The lowest BCUT2D eigenvalue weighted by molar-refractivity contribution is -0.122. The molecule has 0 aliphatic heterocycles. The van der Waals surface area contributed by atoms with Crippen LogP contribution in [-0.2, 0) is 17.9 Å². The van der Waals surface area contributed by atoms with Gasteiger partial charge in [0.1, 0.15) is 17.9 Å². The van der Waals surface area contributed by atoms with Crippen molar-refractivity contribution in [3.8, 4) is 0 Å². The standard InChI is InChI=1S/C18H15ClN4O3/c1-11-21-22(10-17(24)20-9-12-4-2-3-5-13(12)19)18(25)15-8-16-14(23(11)15)6-7-26-16/h2-8H,9-10H2,1H3,(H,20,24). The van der Waals surface area contributed by atoms with Crippen LogP contribution in [0.2, 0.25) is 5.02 Å². The van der Waals surface area contributed by atoms with E-state index in [1.54, 1.807) is 35.8 Å². The Morgan fingerprint density at radius 3 is 2.88 bits per heavy atom. The highest BCUT2D eigenvalue weighted by Gasteiger charge is 2.15. The zero-order valence-electron chi connectivity index (χ0n) is 13.9. The predicted molar refractivity (Wildman–Crippen MR) is 97.3 cm³/mol. The van der Waals surface area contributed by atoms with Crippen LogP contribution in [-0.4, -0.2) is 20.1 Å². The van der Waals surface area contributed by atoms with Gasteiger partial charge in [-0.15, -0.1) is 0 Å². The molecule has 4 aromatic rings. The van der Waals surface area contributed by atoms with Crippen LogP contribution in [0.5, 0.6) is 0 Å². The highest BCUT2D eigenvalue weighted by molar-refractivity contribution is 6.31. The summed E-state index contributed by atoms with van der Waals surface area (Å²) < 4.78 is 8.22. The third-order valence-electron chi connectivity index (χ3n) is 4.19. The Balaban J connectivity index is 1.59. The van der Waals surface area contributed by atoms with Gasteiger partial charge in [-0.3, -0.25) is 14.0 Å². The summed E-state index contributed by atoms with van der Waals surface area (Å²) in [5, 5.41) is 7.59. The maximum absolute atomic E-state index is 12.6. The third kappa shape index (κ3) is 2.76. The Bertz CT molecular complexity index is 1190. The molecule has 0 atom stereocenters. The number of carbonyl (C=O) groups is 1. The van der Waals surface area contributed by atoms with E-state index in [0.29, 0.717) is 21.9 Å². The van der Waals surface area contributed by atoms with Crippen LogP contribution < -0.4 is 10.9 Å². The minimum atomic E-state index is -0.352. The van der Waals surface area contributed by atoms with Gasteiger partial charge in [-0.2, -0.15) is 5.10 Å². The van der Waals surface area contributed by atoms with Crippen molar-refractivity contribution < 1.29 is 9.21 Å². The Hall–Kier alpha value is -3.06. The van der Waals surface area contributed by atoms with Gasteiger partial charge in [0.15, 0.2) is 5.58 Å². The Morgan fingerprint density at radius 1 is 1.27 bits per heavy atom. The summed E-state index contributed by atoms with van der Waals surface area (Å²) >= 11 is 6.08. The van der Waals surface area contributed by atoms with E-state index in [4.69, 9.17) is 16.0 Å². The summed E-state index contributed by atoms with van der Waals surface area (Å²) in [6, 6.07) is 10.7. The van der Waals surface area contributed by atoms with Gasteiger partial charge in [0.25, 0.3) is 5.56 Å². The fourth-order valence-corrected chi connectivity index (χ4v) is 3.17. The number of halogens is 1. The van der Waals surface area contributed by atoms with Crippen molar-refractivity contribution in [1.82, 2.24) is 19.5 Å². The smallest absolute Gasteiger partial charge is 0.291 e. The average Bonchev–Trinajstić information content (AvgIpc) is 3.20. The molecule has 0 radical (unpaired) electrons. The van der Waals surface area contributed by atoms with Gasteiger partial charge in [0.2, 0.25) is 5.91 Å². The molecule has 1 amide bonds. The SMILES string of the molecule is Cc1nn(CC(=O)NCc2ccccc2Cl)c(=O)c2cc3occc3n12. The summed E-state index contributed by atoms with van der Waals surface area (Å²) in [4.78, 5) is 24.9. The number of nitrogens with zero attached hydrogens (tertiary/aromatic N) is 3. The van der Waals surface area contributed by atoms with E-state index in [9.17, 15) is 9.59 Å². The van der Waals surface area contributed by atoms with E-state index in [1.165, 1.54) is 0 Å². The average molecular weight is 371 g/mol. The van der Waals surface area contributed by atoms with Crippen LogP contribution >= 0.6 is 11.6 Å². The predicted octanol–water partition coefficient (Wildman–Crippen LogP) is 2.52. The molecule has 132 valence electrons. The second kappa shape index (κ2) is 6.34. The summed E-state index contributed by atoms with van der Waals surface area (Å²) in [6.45, 7) is 1.89. The number of hydrogen-bond acceptors (Lipinski definition) is 4. The Labute approximate surface area is 152 Å². The molecule has 0 aliphatic carbocycles. The van der Waals surface area contributed by atoms with Gasteiger partial charge in [0.05, 0.1) is 11.8 Å². The Kier molecular flexibility index (Phi) is 4.00. The van der Waals surface area contributed by atoms with Gasteiger partial charge in [-0.25, -0.2) is 4.68 Å². The summed E-state index contributed by atoms with van der Waals surface area (Å²) in [7, 11) is 0. The first-order valence-corrected chi connectivity index (χ1v) is 8.39. The molecule has 0 bridgehead atoms. The lowest BCUT2D eigenvalue weighted by atomic mass is 10.2. The molecule has 1 N–H and O–H groups in total. The van der Waals surface area contributed by atoms with Gasteiger partial charge in [-0.05, 0) is 18.6 Å². The lowest BCUT2D eigenvalue weighted by Crippen LogP contribution is -2.34. The van der Waals surface area contributed by atoms with Crippen LogP contribution in [0.1, 0.15) is 11.4 Å². The van der Waals surface area contributed by atoms with Crippen molar-refractivity contribution >= 4 is 34.1 Å². The zero-order chi connectivity index (χ0) is 18.3. The van der Waals surface area contributed by atoms with Crippen molar-refractivity contribution in [3.63, 3.8) is 0 Å². The number of benzene rings is 1. The number of nitrogens with one attached hydrogen (secondary N) is 1. The maximum Gasteiger partial charge on any atom is 0.291 e. The molecule has 1 aromatic carbocycles. The van der Waals surface area contributed by atoms with Crippen LogP contribution in [0.3, 0.4) is 0 Å². The van der Waals surface area contributed by atoms with Crippen molar-refractivity contribution in [1.29, 1.82) is 0 Å². The fraction of sp³-hybridized carbons (Fsp3) is 0.167. The second-order valence-corrected chi connectivity index (χ2v) is 6.32. The molecule has 0 saturated heterocycles. The number of fused-ring (bicyclic) bond motifs is 3. The quantitative estimate of drug-likeness (QED) is 0.598. The monoisotopic (exact) mass is 370 g/mol. The number of amides is 1. The molecular weight excluding hydrogens is 356 g/mol. The molecular formula is C18H15ClN4O3. The van der Waals surface area contributed by atoms with Gasteiger partial charge < -0.3 is 9.73 Å². The summed E-state index contributed by atoms with van der Waals surface area (Å²) in [5.41, 5.74) is 2.26. The van der Waals surface area contributed by atoms with E-state index in [2.05, 4.69) is 10.4 Å². The molecule has 3 heterocycles. The van der Waals surface area contributed by atoms with Crippen molar-refractivity contribution in [2.45, 2.75) is 20.0 Å². The van der Waals surface area contributed by atoms with Crippen molar-refractivity contribution in [2.24, 2.45) is 0 Å². The van der Waals surface area contributed by atoms with Crippen LogP contribution in [0.4, 0.5) is 0 Å². The Morgan fingerprint density at radius 2 is 2.08 bits per heavy atom. The van der Waals surface area contributed by atoms with E-state index >= 15 is 0 Å². The van der Waals surface area contributed by atoms with Crippen LogP contribution in [0.25, 0.3) is 16.6 Å². The van der Waals surface area contributed by atoms with Crippen molar-refractivity contribution in [2.75, 3.05) is 0 Å². The maximum atomic E-state index is 12.6. The van der Waals surface area contributed by atoms with Gasteiger partial charge in [-0.1, -0.05) is 29.8 Å². The fourth-order valence-electron chi connectivity index (χ4n) is 2.96. The van der Waals surface area contributed by atoms with E-state index in [1.807, 2.05) is 18.2 Å². The summed E-state index contributed by atoms with van der Waals surface area (Å²) in [6.07, 6.45) is 1.56. The minimum Gasteiger partial charge on any atom is -0.463 e. The molecule has 7 nitrogen and oxygen atoms in total. The van der Waals surface area contributed by atoms with Crippen molar-refractivity contribution in [3.05, 3.63) is 69.4 Å². The highest BCUT2D eigenvalue weighted by atomic mass is 35.5. The number of aromatic nitrogens is 3. The number of hydrogen-bond donors (Lipinski definition) is 1. The topological polar surface area (TPSA) is 81.5 Å². The molecule has 0 saturated carbocycles. The third-order valence-corrected chi connectivity index (χ3v) is 4.56. The highest BCUT2D eigenvalue weighted by Crippen LogP contribution is 2.20. The molecule has 0 spiro atoms. The zero-order valence-corrected chi connectivity index (χ0v) is 14.7. The number of rotatable bonds is 4. The van der Waals surface area contributed by atoms with E-state index in [0.717, 1.165) is 15.8 Å². The number of aryl methyl sites for hydroxylation is 1. The first-order valence-electron chi connectivity index (χ1n) is 8.01. The molecule has 0 unspecified atom stereocenters. The largest absolute Gasteiger partial charge is 0.463 e.